The van der Waals surface area contributed by atoms with E-state index < -0.39 is 0 Å². The fraction of sp³-hybridized carbons (Fsp3) is 0.250. The molecule has 1 atom stereocenters. The number of hydrogen-bond donors (Lipinski definition) is 3. The smallest absolute Gasteiger partial charge is 0.138 e. The predicted octanol–water partition coefficient (Wildman–Crippen LogP) is 3.57. The lowest BCUT2D eigenvalue weighted by molar-refractivity contribution is 0.647. The van der Waals surface area contributed by atoms with Crippen LogP contribution in [0.15, 0.2) is 54.4 Å². The van der Waals surface area contributed by atoms with E-state index in [2.05, 4.69) is 58.6 Å². The highest BCUT2D eigenvalue weighted by atomic mass is 14.9. The number of pyridine rings is 1. The molecule has 1 aliphatic rings. The van der Waals surface area contributed by atoms with Crippen molar-refractivity contribution in [1.29, 1.82) is 0 Å². The number of fused-ring (bicyclic) bond motifs is 3. The Hall–Kier alpha value is -2.59. The van der Waals surface area contributed by atoms with Crippen molar-refractivity contribution in [2.75, 3.05) is 13.1 Å². The molecule has 0 saturated heterocycles. The molecule has 0 spiro atoms. The number of nitrogens with one attached hydrogen (secondary N) is 2. The van der Waals surface area contributed by atoms with E-state index in [0.717, 1.165) is 24.1 Å². The molecule has 0 aliphatic heterocycles. The molecule has 122 valence electrons. The van der Waals surface area contributed by atoms with Crippen LogP contribution >= 0.6 is 0 Å². The van der Waals surface area contributed by atoms with Gasteiger partial charge >= 0.3 is 0 Å². The van der Waals surface area contributed by atoms with E-state index >= 15 is 0 Å². The number of benzene rings is 1. The summed E-state index contributed by atoms with van der Waals surface area (Å²) in [6.07, 6.45) is 7.52. The van der Waals surface area contributed by atoms with Gasteiger partial charge in [0.15, 0.2) is 0 Å². The van der Waals surface area contributed by atoms with Crippen LogP contribution in [-0.2, 0) is 0 Å². The van der Waals surface area contributed by atoms with Crippen molar-refractivity contribution < 1.29 is 0 Å². The van der Waals surface area contributed by atoms with Crippen LogP contribution in [0.1, 0.15) is 18.9 Å². The zero-order chi connectivity index (χ0) is 16.5. The average Bonchev–Trinajstić information content (AvgIpc) is 2.98. The van der Waals surface area contributed by atoms with E-state index in [1.807, 2.05) is 12.3 Å². The lowest BCUT2D eigenvalue weighted by Gasteiger charge is -2.20. The maximum absolute atomic E-state index is 5.63. The monoisotopic (exact) mass is 318 g/mol. The number of nitrogens with two attached hydrogens (primary N) is 1. The van der Waals surface area contributed by atoms with Gasteiger partial charge in [-0.25, -0.2) is 4.98 Å². The highest BCUT2D eigenvalue weighted by Gasteiger charge is 2.16. The molecule has 3 aromatic rings. The molecule has 0 amide bonds. The zero-order valence-corrected chi connectivity index (χ0v) is 13.8. The third kappa shape index (κ3) is 2.59. The number of aromatic nitrogens is 2. The molecule has 1 aromatic carbocycles. The Labute approximate surface area is 141 Å². The first-order chi connectivity index (χ1) is 11.8. The summed E-state index contributed by atoms with van der Waals surface area (Å²) in [6.45, 7) is 3.71. The van der Waals surface area contributed by atoms with Gasteiger partial charge in [-0.15, -0.1) is 0 Å². The molecule has 4 heteroatoms. The third-order valence-corrected chi connectivity index (χ3v) is 4.54. The van der Waals surface area contributed by atoms with Gasteiger partial charge in [-0.1, -0.05) is 31.2 Å². The van der Waals surface area contributed by atoms with E-state index in [0.29, 0.717) is 12.5 Å². The van der Waals surface area contributed by atoms with Crippen molar-refractivity contribution in [3.8, 4) is 0 Å². The Morgan fingerprint density at radius 3 is 3.04 bits per heavy atom. The summed E-state index contributed by atoms with van der Waals surface area (Å²) in [6, 6.07) is 10.5. The molecule has 2 aromatic heterocycles. The Morgan fingerprint density at radius 1 is 1.29 bits per heavy atom. The first-order valence-corrected chi connectivity index (χ1v) is 8.48. The standard InChI is InChI=1S/C20H22N4/c1-13-10-14(12-15(11-13)22-9-7-21)16-6-8-23-20-19(16)17-4-2-3-5-18(17)24-20/h2-6,8,10,12-13,22H,7,9,11,21H2,1H3,(H,23,24). The number of aromatic amines is 1. The Balaban J connectivity index is 1.88. The second-order valence-electron chi connectivity index (χ2n) is 6.44. The maximum atomic E-state index is 5.63. The summed E-state index contributed by atoms with van der Waals surface area (Å²) < 4.78 is 0. The first kappa shape index (κ1) is 15.0. The molecule has 24 heavy (non-hydrogen) atoms. The van der Waals surface area contributed by atoms with E-state index in [9.17, 15) is 0 Å². The van der Waals surface area contributed by atoms with Gasteiger partial charge in [0.25, 0.3) is 0 Å². The molecule has 0 saturated carbocycles. The van der Waals surface area contributed by atoms with E-state index in [1.54, 1.807) is 0 Å². The van der Waals surface area contributed by atoms with Crippen LogP contribution in [0.25, 0.3) is 27.5 Å². The summed E-state index contributed by atoms with van der Waals surface area (Å²) >= 11 is 0. The number of hydrogen-bond acceptors (Lipinski definition) is 3. The number of nitrogens with zero attached hydrogens (tertiary/aromatic N) is 1. The lowest BCUT2D eigenvalue weighted by atomic mass is 9.90. The molecular weight excluding hydrogens is 296 g/mol. The van der Waals surface area contributed by atoms with Crippen LogP contribution in [-0.4, -0.2) is 23.1 Å². The van der Waals surface area contributed by atoms with E-state index in [-0.39, 0.29) is 0 Å². The highest BCUT2D eigenvalue weighted by Crippen LogP contribution is 2.34. The summed E-state index contributed by atoms with van der Waals surface area (Å²) in [5, 5.41) is 5.87. The van der Waals surface area contributed by atoms with Crippen LogP contribution < -0.4 is 11.1 Å². The van der Waals surface area contributed by atoms with E-state index in [4.69, 9.17) is 5.73 Å². The van der Waals surface area contributed by atoms with Crippen LogP contribution in [0, 0.1) is 5.92 Å². The Bertz CT molecular complexity index is 949. The Morgan fingerprint density at radius 2 is 2.17 bits per heavy atom. The largest absolute Gasteiger partial charge is 0.387 e. The number of allylic oxidation sites excluding steroid dienone is 4. The summed E-state index contributed by atoms with van der Waals surface area (Å²) in [7, 11) is 0. The van der Waals surface area contributed by atoms with Crippen molar-refractivity contribution >= 4 is 27.5 Å². The Kier molecular flexibility index (Phi) is 3.82. The molecule has 1 aliphatic carbocycles. The van der Waals surface area contributed by atoms with Crippen molar-refractivity contribution in [3.63, 3.8) is 0 Å². The second-order valence-corrected chi connectivity index (χ2v) is 6.44. The van der Waals surface area contributed by atoms with E-state index in [1.165, 1.54) is 27.6 Å². The van der Waals surface area contributed by atoms with Crippen LogP contribution in [0.5, 0.6) is 0 Å². The van der Waals surface area contributed by atoms with Gasteiger partial charge in [0.1, 0.15) is 5.65 Å². The molecular formula is C20H22N4. The van der Waals surface area contributed by atoms with Crippen molar-refractivity contribution in [1.82, 2.24) is 15.3 Å². The lowest BCUT2D eigenvalue weighted by Crippen LogP contribution is -2.24. The summed E-state index contributed by atoms with van der Waals surface area (Å²) in [4.78, 5) is 7.95. The first-order valence-electron chi connectivity index (χ1n) is 8.48. The predicted molar refractivity (Wildman–Crippen MR) is 100 cm³/mol. The normalized spacial score (nSPS) is 17.8. The molecule has 2 heterocycles. The van der Waals surface area contributed by atoms with Gasteiger partial charge in [0.2, 0.25) is 0 Å². The van der Waals surface area contributed by atoms with Crippen molar-refractivity contribution in [2.45, 2.75) is 13.3 Å². The van der Waals surface area contributed by atoms with Gasteiger partial charge in [-0.2, -0.15) is 0 Å². The minimum atomic E-state index is 0.499. The maximum Gasteiger partial charge on any atom is 0.138 e. The van der Waals surface area contributed by atoms with Crippen molar-refractivity contribution in [2.24, 2.45) is 11.7 Å². The second kappa shape index (κ2) is 6.13. The van der Waals surface area contributed by atoms with Crippen LogP contribution in [0.3, 0.4) is 0 Å². The quantitative estimate of drug-likeness (QED) is 0.689. The molecule has 0 radical (unpaired) electrons. The molecule has 1 unspecified atom stereocenters. The molecule has 0 fully saturated rings. The number of para-hydroxylation sites is 1. The molecule has 4 N–H and O–H groups in total. The SMILES string of the molecule is CC1C=C(c2ccnc3[nH]c4ccccc4c23)C=C(NCCN)C1. The fourth-order valence-corrected chi connectivity index (χ4v) is 3.54. The van der Waals surface area contributed by atoms with Gasteiger partial charge in [0.05, 0.1) is 0 Å². The van der Waals surface area contributed by atoms with Crippen LogP contribution in [0.2, 0.25) is 0 Å². The molecule has 4 nitrogen and oxygen atoms in total. The van der Waals surface area contributed by atoms with Gasteiger partial charge in [-0.3, -0.25) is 0 Å². The topological polar surface area (TPSA) is 66.7 Å². The third-order valence-electron chi connectivity index (χ3n) is 4.54. The van der Waals surface area contributed by atoms with Crippen LogP contribution in [0.4, 0.5) is 0 Å². The highest BCUT2D eigenvalue weighted by molar-refractivity contribution is 6.11. The number of rotatable bonds is 4. The molecule has 4 rings (SSSR count). The van der Waals surface area contributed by atoms with Gasteiger partial charge in [-0.05, 0) is 41.7 Å². The summed E-state index contributed by atoms with van der Waals surface area (Å²) in [5.74, 6) is 0.499. The van der Waals surface area contributed by atoms with Crippen molar-refractivity contribution in [3.05, 3.63) is 59.9 Å². The number of H-pyrrole nitrogens is 1. The minimum Gasteiger partial charge on any atom is -0.387 e. The zero-order valence-electron chi connectivity index (χ0n) is 13.8. The summed E-state index contributed by atoms with van der Waals surface area (Å²) in [5.41, 5.74) is 11.4. The van der Waals surface area contributed by atoms with Gasteiger partial charge in [0, 0.05) is 41.3 Å². The fourth-order valence-electron chi connectivity index (χ4n) is 3.54. The minimum absolute atomic E-state index is 0.499. The van der Waals surface area contributed by atoms with Gasteiger partial charge < -0.3 is 16.0 Å². The average molecular weight is 318 g/mol. The molecule has 0 bridgehead atoms.